The van der Waals surface area contributed by atoms with E-state index in [0.29, 0.717) is 0 Å². The Morgan fingerprint density at radius 3 is 1.39 bits per heavy atom. The molecular weight excluding hydrogens is 745 g/mol. The minimum Gasteiger partial charge on any atom is -0.0619 e. The highest BCUT2D eigenvalue weighted by atomic mass is 14.4. The van der Waals surface area contributed by atoms with Gasteiger partial charge in [0.2, 0.25) is 0 Å². The molecule has 0 aromatic heterocycles. The summed E-state index contributed by atoms with van der Waals surface area (Å²) in [5.41, 5.74) is 22.5. The van der Waals surface area contributed by atoms with Gasteiger partial charge in [-0.1, -0.05) is 204 Å². The third-order valence-corrected chi connectivity index (χ3v) is 14.7. The van der Waals surface area contributed by atoms with Crippen LogP contribution in [0.25, 0.3) is 88.0 Å². The van der Waals surface area contributed by atoms with Gasteiger partial charge in [-0.15, -0.1) is 0 Å². The molecule has 10 aromatic carbocycles. The minimum atomic E-state index is -0.0219. The van der Waals surface area contributed by atoms with Gasteiger partial charge in [-0.3, -0.25) is 0 Å². The molecule has 0 amide bonds. The van der Waals surface area contributed by atoms with E-state index in [1.54, 1.807) is 0 Å². The standard InChI is InChI=1S/C62H48/c1-38-14-12-20-51-47-16-6-7-17-48(47)52-21-13-15-44(60(52)59(38)51)35-45-34-41(43-30-33-58-54(37-43)50-19-9-11-23-56(50)62(58,4)5)28-31-46(45)40-26-24-39(25-27-40)42-29-32-57-53(36-42)49-18-8-10-22-55(49)61(57,2)3/h6-34,36-37H,35H2,1-5H3. The summed E-state index contributed by atoms with van der Waals surface area (Å²) in [7, 11) is 0. The van der Waals surface area contributed by atoms with Gasteiger partial charge in [0, 0.05) is 10.8 Å². The lowest BCUT2D eigenvalue weighted by atomic mass is 9.82. The van der Waals surface area contributed by atoms with E-state index in [2.05, 4.69) is 223 Å². The molecule has 0 saturated heterocycles. The van der Waals surface area contributed by atoms with Crippen LogP contribution >= 0.6 is 0 Å². The first-order valence-corrected chi connectivity index (χ1v) is 22.2. The Morgan fingerprint density at radius 1 is 0.306 bits per heavy atom. The van der Waals surface area contributed by atoms with Gasteiger partial charge < -0.3 is 0 Å². The Kier molecular flexibility index (Phi) is 8.01. The second-order valence-corrected chi connectivity index (χ2v) is 18.9. The molecule has 62 heavy (non-hydrogen) atoms. The van der Waals surface area contributed by atoms with E-state index in [-0.39, 0.29) is 10.8 Å². The minimum absolute atomic E-state index is 0.0000851. The van der Waals surface area contributed by atoms with Crippen LogP contribution in [0.5, 0.6) is 0 Å². The van der Waals surface area contributed by atoms with Gasteiger partial charge in [-0.2, -0.15) is 0 Å². The zero-order valence-electron chi connectivity index (χ0n) is 36.1. The molecule has 0 spiro atoms. The van der Waals surface area contributed by atoms with E-state index in [9.17, 15) is 0 Å². The smallest absolute Gasteiger partial charge is 0.0158 e. The van der Waals surface area contributed by atoms with Crippen molar-refractivity contribution in [1.82, 2.24) is 0 Å². The van der Waals surface area contributed by atoms with Crippen molar-refractivity contribution in [1.29, 1.82) is 0 Å². The predicted molar refractivity (Wildman–Crippen MR) is 264 cm³/mol. The topological polar surface area (TPSA) is 0 Å². The third-order valence-electron chi connectivity index (χ3n) is 14.7. The summed E-state index contributed by atoms with van der Waals surface area (Å²) in [4.78, 5) is 0. The molecule has 0 saturated carbocycles. The highest BCUT2D eigenvalue weighted by molar-refractivity contribution is 6.27. The van der Waals surface area contributed by atoms with Crippen LogP contribution in [0, 0.1) is 6.92 Å². The lowest BCUT2D eigenvalue weighted by Crippen LogP contribution is -2.14. The number of fused-ring (bicyclic) bond motifs is 12. The summed E-state index contributed by atoms with van der Waals surface area (Å²) in [6, 6.07) is 71.3. The highest BCUT2D eigenvalue weighted by Crippen LogP contribution is 2.51. The van der Waals surface area contributed by atoms with Crippen LogP contribution in [0.1, 0.15) is 66.6 Å². The maximum absolute atomic E-state index is 2.48. The Hall–Kier alpha value is -7.02. The van der Waals surface area contributed by atoms with Crippen molar-refractivity contribution in [3.8, 4) is 55.6 Å². The Labute approximate surface area is 365 Å². The summed E-state index contributed by atoms with van der Waals surface area (Å²) in [5, 5.41) is 8.00. The van der Waals surface area contributed by atoms with Crippen LogP contribution in [0.2, 0.25) is 0 Å². The Morgan fingerprint density at radius 2 is 0.758 bits per heavy atom. The normalized spacial score (nSPS) is 14.2. The maximum atomic E-state index is 2.48. The van der Waals surface area contributed by atoms with Gasteiger partial charge in [0.25, 0.3) is 0 Å². The van der Waals surface area contributed by atoms with E-state index in [0.717, 1.165) is 6.42 Å². The number of hydrogen-bond donors (Lipinski definition) is 0. The molecule has 0 unspecified atom stereocenters. The molecule has 0 atom stereocenters. The fourth-order valence-electron chi connectivity index (χ4n) is 11.5. The second-order valence-electron chi connectivity index (χ2n) is 18.9. The Bertz CT molecular complexity index is 3480. The molecule has 0 heteroatoms. The first kappa shape index (κ1) is 36.8. The van der Waals surface area contributed by atoms with Crippen molar-refractivity contribution < 1.29 is 0 Å². The van der Waals surface area contributed by atoms with Crippen LogP contribution < -0.4 is 0 Å². The maximum Gasteiger partial charge on any atom is 0.0158 e. The second kappa shape index (κ2) is 13.5. The van der Waals surface area contributed by atoms with Crippen molar-refractivity contribution in [2.75, 3.05) is 0 Å². The van der Waals surface area contributed by atoms with E-state index < -0.39 is 0 Å². The average molecular weight is 793 g/mol. The summed E-state index contributed by atoms with van der Waals surface area (Å²) in [5.74, 6) is 0. The van der Waals surface area contributed by atoms with Crippen LogP contribution in [0.4, 0.5) is 0 Å². The van der Waals surface area contributed by atoms with Crippen LogP contribution in [-0.2, 0) is 17.3 Å². The molecule has 0 bridgehead atoms. The summed E-state index contributed by atoms with van der Waals surface area (Å²) in [6.45, 7) is 11.7. The molecule has 2 aliphatic rings. The summed E-state index contributed by atoms with van der Waals surface area (Å²) < 4.78 is 0. The SMILES string of the molecule is Cc1cccc2c3ccccc3c3cccc(Cc4cc(-c5ccc6c(c5)-c5ccccc5C6(C)C)ccc4-c4ccc(-c5ccc6c(c5)-c5ccccc5C6(C)C)cc4)c3c12. The monoisotopic (exact) mass is 792 g/mol. The Balaban J connectivity index is 1.01. The van der Waals surface area contributed by atoms with E-state index in [1.165, 1.54) is 127 Å². The van der Waals surface area contributed by atoms with Gasteiger partial charge in [0.1, 0.15) is 0 Å². The van der Waals surface area contributed by atoms with E-state index in [1.807, 2.05) is 0 Å². The fraction of sp³-hybridized carbons (Fsp3) is 0.129. The molecule has 12 rings (SSSR count). The molecule has 0 aliphatic heterocycles. The number of hydrogen-bond acceptors (Lipinski definition) is 0. The quantitative estimate of drug-likeness (QED) is 0.152. The van der Waals surface area contributed by atoms with E-state index >= 15 is 0 Å². The predicted octanol–water partition coefficient (Wildman–Crippen LogP) is 16.7. The van der Waals surface area contributed by atoms with E-state index in [4.69, 9.17) is 0 Å². The zero-order chi connectivity index (χ0) is 41.9. The van der Waals surface area contributed by atoms with Gasteiger partial charge in [-0.05, 0) is 152 Å². The van der Waals surface area contributed by atoms with Gasteiger partial charge >= 0.3 is 0 Å². The van der Waals surface area contributed by atoms with Gasteiger partial charge in [0.15, 0.2) is 0 Å². The average Bonchev–Trinajstić information content (AvgIpc) is 3.68. The molecule has 0 radical (unpaired) electrons. The van der Waals surface area contributed by atoms with Crippen LogP contribution in [-0.4, -0.2) is 0 Å². The van der Waals surface area contributed by atoms with Crippen molar-refractivity contribution in [2.45, 2.75) is 51.9 Å². The van der Waals surface area contributed by atoms with Crippen molar-refractivity contribution in [3.63, 3.8) is 0 Å². The molecular formula is C62H48. The van der Waals surface area contributed by atoms with Crippen molar-refractivity contribution in [2.24, 2.45) is 0 Å². The van der Waals surface area contributed by atoms with Crippen LogP contribution in [0.15, 0.2) is 188 Å². The lowest BCUT2D eigenvalue weighted by Gasteiger charge is -2.21. The molecule has 0 N–H and O–H groups in total. The largest absolute Gasteiger partial charge is 0.0619 e. The molecule has 0 heterocycles. The fourth-order valence-corrected chi connectivity index (χ4v) is 11.5. The summed E-state index contributed by atoms with van der Waals surface area (Å²) >= 11 is 0. The molecule has 0 fully saturated rings. The van der Waals surface area contributed by atoms with Crippen molar-refractivity contribution >= 4 is 32.3 Å². The van der Waals surface area contributed by atoms with Gasteiger partial charge in [0.05, 0.1) is 0 Å². The first-order valence-electron chi connectivity index (χ1n) is 22.2. The summed E-state index contributed by atoms with van der Waals surface area (Å²) in [6.07, 6.45) is 0.810. The molecule has 296 valence electrons. The van der Waals surface area contributed by atoms with Crippen molar-refractivity contribution in [3.05, 3.63) is 227 Å². The lowest BCUT2D eigenvalue weighted by molar-refractivity contribution is 0.660. The first-order chi connectivity index (χ1) is 30.2. The number of aryl methyl sites for hydroxylation is 1. The zero-order valence-corrected chi connectivity index (χ0v) is 36.1. The number of rotatable bonds is 5. The molecule has 0 nitrogen and oxygen atoms in total. The third kappa shape index (κ3) is 5.39. The highest BCUT2D eigenvalue weighted by Gasteiger charge is 2.36. The van der Waals surface area contributed by atoms with Gasteiger partial charge in [-0.25, -0.2) is 0 Å². The number of benzene rings is 10. The molecule has 2 aliphatic carbocycles. The molecule has 10 aromatic rings. The van der Waals surface area contributed by atoms with Crippen LogP contribution in [0.3, 0.4) is 0 Å².